The Morgan fingerprint density at radius 3 is 2.38 bits per heavy atom. The van der Waals surface area contributed by atoms with E-state index in [-0.39, 0.29) is 11.9 Å². The van der Waals surface area contributed by atoms with E-state index < -0.39 is 0 Å². The number of methoxy groups -OCH3 is 1. The van der Waals surface area contributed by atoms with Crippen molar-refractivity contribution in [1.82, 2.24) is 5.32 Å². The van der Waals surface area contributed by atoms with Gasteiger partial charge in [0.15, 0.2) is 11.5 Å². The van der Waals surface area contributed by atoms with Crippen LogP contribution in [-0.2, 0) is 6.42 Å². The van der Waals surface area contributed by atoms with Crippen molar-refractivity contribution in [2.24, 2.45) is 0 Å². The third kappa shape index (κ3) is 4.28. The van der Waals surface area contributed by atoms with Crippen LogP contribution >= 0.6 is 0 Å². The highest BCUT2D eigenvalue weighted by Crippen LogP contribution is 2.28. The minimum absolute atomic E-state index is 0.0685. The molecule has 0 bridgehead atoms. The molecule has 0 saturated heterocycles. The molecule has 2 aromatic rings. The van der Waals surface area contributed by atoms with Crippen LogP contribution in [0.1, 0.15) is 48.3 Å². The largest absolute Gasteiger partial charge is 0.493 e. The highest BCUT2D eigenvalue weighted by Gasteiger charge is 2.14. The van der Waals surface area contributed by atoms with Gasteiger partial charge in [-0.3, -0.25) is 4.79 Å². The van der Waals surface area contributed by atoms with Crippen LogP contribution < -0.4 is 14.8 Å². The summed E-state index contributed by atoms with van der Waals surface area (Å²) >= 11 is 0. The lowest BCUT2D eigenvalue weighted by atomic mass is 10.0. The first-order valence-corrected chi connectivity index (χ1v) is 8.29. The van der Waals surface area contributed by atoms with E-state index >= 15 is 0 Å². The molecule has 1 unspecified atom stereocenters. The third-order valence-electron chi connectivity index (χ3n) is 3.96. The fourth-order valence-corrected chi connectivity index (χ4v) is 2.49. The summed E-state index contributed by atoms with van der Waals surface area (Å²) in [5.74, 6) is 1.06. The topological polar surface area (TPSA) is 47.6 Å². The van der Waals surface area contributed by atoms with Gasteiger partial charge in [-0.25, -0.2) is 0 Å². The van der Waals surface area contributed by atoms with Gasteiger partial charge >= 0.3 is 0 Å². The maximum atomic E-state index is 12.5. The van der Waals surface area contributed by atoms with Crippen LogP contribution in [0, 0.1) is 0 Å². The van der Waals surface area contributed by atoms with Crippen molar-refractivity contribution in [3.63, 3.8) is 0 Å². The van der Waals surface area contributed by atoms with Crippen molar-refractivity contribution in [3.05, 3.63) is 59.2 Å². The molecule has 128 valence electrons. The number of rotatable bonds is 7. The Morgan fingerprint density at radius 1 is 1.08 bits per heavy atom. The maximum absolute atomic E-state index is 12.5. The van der Waals surface area contributed by atoms with Crippen molar-refractivity contribution < 1.29 is 14.3 Å². The number of nitrogens with one attached hydrogen (secondary N) is 1. The van der Waals surface area contributed by atoms with Crippen molar-refractivity contribution in [1.29, 1.82) is 0 Å². The number of carbonyl (C=O) groups excluding carboxylic acids is 1. The van der Waals surface area contributed by atoms with Crippen LogP contribution in [0.3, 0.4) is 0 Å². The first kappa shape index (κ1) is 17.9. The lowest BCUT2D eigenvalue weighted by Gasteiger charge is -2.16. The van der Waals surface area contributed by atoms with E-state index in [9.17, 15) is 4.79 Å². The fourth-order valence-electron chi connectivity index (χ4n) is 2.49. The summed E-state index contributed by atoms with van der Waals surface area (Å²) in [6, 6.07) is 13.4. The number of hydrogen-bond acceptors (Lipinski definition) is 3. The van der Waals surface area contributed by atoms with E-state index in [2.05, 4.69) is 36.5 Å². The Hall–Kier alpha value is -2.49. The van der Waals surface area contributed by atoms with Crippen LogP contribution in [0.25, 0.3) is 0 Å². The lowest BCUT2D eigenvalue weighted by molar-refractivity contribution is 0.0939. The number of amides is 1. The van der Waals surface area contributed by atoms with Gasteiger partial charge in [-0.15, -0.1) is 0 Å². The van der Waals surface area contributed by atoms with Gasteiger partial charge < -0.3 is 14.8 Å². The molecule has 0 aliphatic heterocycles. The number of aryl methyl sites for hydroxylation is 1. The van der Waals surface area contributed by atoms with Crippen LogP contribution in [0.2, 0.25) is 0 Å². The number of hydrogen-bond donors (Lipinski definition) is 1. The van der Waals surface area contributed by atoms with Gasteiger partial charge in [0.1, 0.15) is 0 Å². The first-order chi connectivity index (χ1) is 11.6. The molecule has 2 aromatic carbocycles. The highest BCUT2D eigenvalue weighted by molar-refractivity contribution is 5.95. The van der Waals surface area contributed by atoms with E-state index in [1.165, 1.54) is 5.56 Å². The molecule has 0 aliphatic carbocycles. The standard InChI is InChI=1S/C20H25NO3/c1-5-15-7-9-16(10-8-15)14(3)21-20(22)17-11-12-18(24-6-2)19(13-17)23-4/h7-14H,5-6H2,1-4H3,(H,21,22). The Balaban J connectivity index is 2.10. The summed E-state index contributed by atoms with van der Waals surface area (Å²) < 4.78 is 10.8. The van der Waals surface area contributed by atoms with Gasteiger partial charge in [-0.1, -0.05) is 31.2 Å². The molecule has 2 rings (SSSR count). The van der Waals surface area contributed by atoms with E-state index in [0.717, 1.165) is 12.0 Å². The molecule has 1 N–H and O–H groups in total. The van der Waals surface area contributed by atoms with Gasteiger partial charge in [0.25, 0.3) is 5.91 Å². The van der Waals surface area contributed by atoms with E-state index in [0.29, 0.717) is 23.7 Å². The molecule has 0 heterocycles. The third-order valence-corrected chi connectivity index (χ3v) is 3.96. The number of benzene rings is 2. The molecule has 0 aliphatic rings. The monoisotopic (exact) mass is 327 g/mol. The second-order valence-electron chi connectivity index (χ2n) is 5.59. The van der Waals surface area contributed by atoms with Gasteiger partial charge in [0.2, 0.25) is 0 Å². The lowest BCUT2D eigenvalue weighted by Crippen LogP contribution is -2.26. The van der Waals surface area contributed by atoms with Crippen molar-refractivity contribution in [2.45, 2.75) is 33.2 Å². The zero-order valence-corrected chi connectivity index (χ0v) is 14.8. The zero-order valence-electron chi connectivity index (χ0n) is 14.8. The minimum atomic E-state index is -0.136. The average Bonchev–Trinajstić information content (AvgIpc) is 2.62. The Bertz CT molecular complexity index is 680. The molecular weight excluding hydrogens is 302 g/mol. The van der Waals surface area contributed by atoms with Crippen LogP contribution in [-0.4, -0.2) is 19.6 Å². The van der Waals surface area contributed by atoms with Crippen LogP contribution in [0.5, 0.6) is 11.5 Å². The van der Waals surface area contributed by atoms with E-state index in [1.807, 2.05) is 13.8 Å². The first-order valence-electron chi connectivity index (χ1n) is 8.29. The summed E-state index contributed by atoms with van der Waals surface area (Å²) in [6.45, 7) is 6.56. The zero-order chi connectivity index (χ0) is 17.5. The summed E-state index contributed by atoms with van der Waals surface area (Å²) in [6.07, 6.45) is 1.01. The summed E-state index contributed by atoms with van der Waals surface area (Å²) in [4.78, 5) is 12.5. The SMILES string of the molecule is CCOc1ccc(C(=O)NC(C)c2ccc(CC)cc2)cc1OC. The molecule has 1 atom stereocenters. The molecule has 0 aromatic heterocycles. The molecule has 1 amide bonds. The van der Waals surface area contributed by atoms with Crippen molar-refractivity contribution in [3.8, 4) is 11.5 Å². The molecule has 0 radical (unpaired) electrons. The molecular formula is C20H25NO3. The average molecular weight is 327 g/mol. The summed E-state index contributed by atoms with van der Waals surface area (Å²) in [5.41, 5.74) is 2.92. The molecule has 4 nitrogen and oxygen atoms in total. The normalized spacial score (nSPS) is 11.7. The number of carbonyl (C=O) groups is 1. The maximum Gasteiger partial charge on any atom is 0.251 e. The van der Waals surface area contributed by atoms with Gasteiger partial charge in [0, 0.05) is 5.56 Å². The summed E-state index contributed by atoms with van der Waals surface area (Å²) in [5, 5.41) is 3.02. The van der Waals surface area contributed by atoms with Crippen molar-refractivity contribution >= 4 is 5.91 Å². The Kier molecular flexibility index (Phi) is 6.24. The number of ether oxygens (including phenoxy) is 2. The molecule has 24 heavy (non-hydrogen) atoms. The van der Waals surface area contributed by atoms with Gasteiger partial charge in [0.05, 0.1) is 19.8 Å². The van der Waals surface area contributed by atoms with Gasteiger partial charge in [-0.2, -0.15) is 0 Å². The Morgan fingerprint density at radius 2 is 1.79 bits per heavy atom. The van der Waals surface area contributed by atoms with E-state index in [1.54, 1.807) is 25.3 Å². The van der Waals surface area contributed by atoms with Gasteiger partial charge in [-0.05, 0) is 49.6 Å². The predicted molar refractivity (Wildman–Crippen MR) is 95.9 cm³/mol. The fraction of sp³-hybridized carbons (Fsp3) is 0.350. The summed E-state index contributed by atoms with van der Waals surface area (Å²) in [7, 11) is 1.57. The van der Waals surface area contributed by atoms with E-state index in [4.69, 9.17) is 9.47 Å². The van der Waals surface area contributed by atoms with Crippen LogP contribution in [0.4, 0.5) is 0 Å². The predicted octanol–water partition coefficient (Wildman–Crippen LogP) is 4.15. The van der Waals surface area contributed by atoms with Crippen LogP contribution in [0.15, 0.2) is 42.5 Å². The smallest absolute Gasteiger partial charge is 0.251 e. The molecule has 4 heteroatoms. The highest BCUT2D eigenvalue weighted by atomic mass is 16.5. The second-order valence-corrected chi connectivity index (χ2v) is 5.59. The molecule has 0 saturated carbocycles. The molecule has 0 fully saturated rings. The quantitative estimate of drug-likeness (QED) is 0.831. The molecule has 0 spiro atoms. The Labute approximate surface area is 143 Å². The minimum Gasteiger partial charge on any atom is -0.493 e. The second kappa shape index (κ2) is 8.39. The van der Waals surface area contributed by atoms with Crippen molar-refractivity contribution in [2.75, 3.05) is 13.7 Å².